The molecule has 2 heterocycles. The van der Waals surface area contributed by atoms with Crippen LogP contribution in [0.4, 0.5) is 16.2 Å². The van der Waals surface area contributed by atoms with Crippen molar-refractivity contribution >= 4 is 11.8 Å². The number of aromatic nitrogens is 3. The summed E-state index contributed by atoms with van der Waals surface area (Å²) in [5.41, 5.74) is 2.42. The summed E-state index contributed by atoms with van der Waals surface area (Å²) in [4.78, 5) is 9.24. The van der Waals surface area contributed by atoms with Gasteiger partial charge in [0.25, 0.3) is 0 Å². The molecule has 6 nitrogen and oxygen atoms in total. The maximum atomic E-state index is 13.0. The molecule has 150 valence electrons. The van der Waals surface area contributed by atoms with Crippen molar-refractivity contribution in [2.75, 3.05) is 42.9 Å². The van der Waals surface area contributed by atoms with E-state index in [9.17, 15) is 4.39 Å². The topological polar surface area (TPSA) is 57.2 Å². The second-order valence-electron chi connectivity index (χ2n) is 7.19. The van der Waals surface area contributed by atoms with Crippen LogP contribution in [0, 0.1) is 5.82 Å². The Labute approximate surface area is 170 Å². The standard InChI is InChI=1S/C22H25FN6/c23-20-8-6-18(7-9-20)10-11-24-21-16-25-27-22(26-21)29-14-12-28(13-15-29)17-19-4-2-1-3-5-19/h1-9,16H,10-15,17H2,(H,24,26,27). The van der Waals surface area contributed by atoms with Gasteiger partial charge in [-0.3, -0.25) is 4.90 Å². The lowest BCUT2D eigenvalue weighted by molar-refractivity contribution is 0.248. The SMILES string of the molecule is Fc1ccc(CCNc2cnnc(N3CCN(Cc4ccccc4)CC3)n2)cc1. The van der Waals surface area contributed by atoms with Gasteiger partial charge >= 0.3 is 0 Å². The molecular weight excluding hydrogens is 367 g/mol. The van der Waals surface area contributed by atoms with Gasteiger partial charge < -0.3 is 10.2 Å². The molecular formula is C22H25FN6. The van der Waals surface area contributed by atoms with Crippen LogP contribution in [-0.2, 0) is 13.0 Å². The van der Waals surface area contributed by atoms with Crippen LogP contribution in [0.15, 0.2) is 60.8 Å². The second kappa shape index (κ2) is 9.43. The van der Waals surface area contributed by atoms with E-state index in [1.54, 1.807) is 18.3 Å². The van der Waals surface area contributed by atoms with Crippen molar-refractivity contribution in [2.24, 2.45) is 0 Å². The number of hydrogen-bond acceptors (Lipinski definition) is 6. The van der Waals surface area contributed by atoms with Gasteiger partial charge in [-0.2, -0.15) is 10.1 Å². The van der Waals surface area contributed by atoms with Crippen molar-refractivity contribution < 1.29 is 4.39 Å². The quantitative estimate of drug-likeness (QED) is 0.667. The van der Waals surface area contributed by atoms with E-state index in [1.807, 2.05) is 6.07 Å². The first-order chi connectivity index (χ1) is 14.3. The molecule has 0 saturated carbocycles. The predicted octanol–water partition coefficient (Wildman–Crippen LogP) is 2.99. The molecule has 1 aromatic heterocycles. The Bertz CT molecular complexity index is 895. The molecule has 0 unspecified atom stereocenters. The third kappa shape index (κ3) is 5.48. The van der Waals surface area contributed by atoms with Gasteiger partial charge in [-0.25, -0.2) is 4.39 Å². The molecule has 1 N–H and O–H groups in total. The van der Waals surface area contributed by atoms with Gasteiger partial charge in [0.2, 0.25) is 5.95 Å². The lowest BCUT2D eigenvalue weighted by atomic mass is 10.1. The van der Waals surface area contributed by atoms with Crippen LogP contribution in [0.25, 0.3) is 0 Å². The first kappa shape index (κ1) is 19.3. The fourth-order valence-electron chi connectivity index (χ4n) is 3.45. The molecule has 0 atom stereocenters. The average molecular weight is 392 g/mol. The van der Waals surface area contributed by atoms with Gasteiger partial charge in [0, 0.05) is 39.3 Å². The molecule has 1 saturated heterocycles. The normalized spacial score (nSPS) is 14.7. The summed E-state index contributed by atoms with van der Waals surface area (Å²) in [5, 5.41) is 11.6. The minimum Gasteiger partial charge on any atom is -0.368 e. The maximum absolute atomic E-state index is 13.0. The van der Waals surface area contributed by atoms with Gasteiger partial charge in [0.1, 0.15) is 5.82 Å². The number of anilines is 2. The molecule has 0 amide bonds. The van der Waals surface area contributed by atoms with E-state index >= 15 is 0 Å². The van der Waals surface area contributed by atoms with Crippen LogP contribution in [0.3, 0.4) is 0 Å². The van der Waals surface area contributed by atoms with Gasteiger partial charge in [-0.05, 0) is 29.7 Å². The smallest absolute Gasteiger partial charge is 0.247 e. The number of nitrogens with one attached hydrogen (secondary N) is 1. The molecule has 0 bridgehead atoms. The zero-order valence-corrected chi connectivity index (χ0v) is 16.3. The summed E-state index contributed by atoms with van der Waals surface area (Å²) in [5.74, 6) is 1.16. The van der Waals surface area contributed by atoms with Crippen LogP contribution >= 0.6 is 0 Å². The Morgan fingerprint density at radius 3 is 2.41 bits per heavy atom. The first-order valence-electron chi connectivity index (χ1n) is 9.95. The van der Waals surface area contributed by atoms with E-state index < -0.39 is 0 Å². The molecule has 3 aromatic rings. The summed E-state index contributed by atoms with van der Waals surface area (Å²) >= 11 is 0. The van der Waals surface area contributed by atoms with E-state index in [2.05, 4.69) is 54.6 Å². The van der Waals surface area contributed by atoms with Crippen LogP contribution < -0.4 is 10.2 Å². The highest BCUT2D eigenvalue weighted by molar-refractivity contribution is 5.39. The predicted molar refractivity (Wildman–Crippen MR) is 112 cm³/mol. The largest absolute Gasteiger partial charge is 0.368 e. The fraction of sp³-hybridized carbons (Fsp3) is 0.318. The Hall–Kier alpha value is -3.06. The number of rotatable bonds is 7. The fourth-order valence-corrected chi connectivity index (χ4v) is 3.45. The van der Waals surface area contributed by atoms with E-state index in [4.69, 9.17) is 0 Å². The summed E-state index contributed by atoms with van der Waals surface area (Å²) in [6.45, 7) is 5.38. The number of hydrogen-bond donors (Lipinski definition) is 1. The minimum atomic E-state index is -0.213. The molecule has 0 spiro atoms. The van der Waals surface area contributed by atoms with Gasteiger partial charge in [-0.1, -0.05) is 42.5 Å². The molecule has 29 heavy (non-hydrogen) atoms. The molecule has 1 aliphatic rings. The van der Waals surface area contributed by atoms with Crippen molar-refractivity contribution in [2.45, 2.75) is 13.0 Å². The Morgan fingerprint density at radius 2 is 1.66 bits per heavy atom. The van der Waals surface area contributed by atoms with Crippen molar-refractivity contribution in [1.29, 1.82) is 0 Å². The molecule has 1 fully saturated rings. The number of nitrogens with zero attached hydrogens (tertiary/aromatic N) is 5. The van der Waals surface area contributed by atoms with Gasteiger partial charge in [-0.15, -0.1) is 5.10 Å². The van der Waals surface area contributed by atoms with E-state index in [1.165, 1.54) is 17.7 Å². The Morgan fingerprint density at radius 1 is 0.897 bits per heavy atom. The number of halogens is 1. The van der Waals surface area contributed by atoms with E-state index in [0.29, 0.717) is 18.3 Å². The molecule has 0 aliphatic carbocycles. The van der Waals surface area contributed by atoms with Crippen LogP contribution in [0.5, 0.6) is 0 Å². The van der Waals surface area contributed by atoms with Gasteiger partial charge in [0.15, 0.2) is 5.82 Å². The number of benzene rings is 2. The van der Waals surface area contributed by atoms with Crippen LogP contribution in [0.1, 0.15) is 11.1 Å². The van der Waals surface area contributed by atoms with Crippen molar-refractivity contribution in [3.8, 4) is 0 Å². The molecule has 1 aliphatic heterocycles. The van der Waals surface area contributed by atoms with Gasteiger partial charge in [0.05, 0.1) is 6.20 Å². The highest BCUT2D eigenvalue weighted by Crippen LogP contribution is 2.14. The summed E-state index contributed by atoms with van der Waals surface area (Å²) in [7, 11) is 0. The molecule has 0 radical (unpaired) electrons. The minimum absolute atomic E-state index is 0.213. The molecule has 2 aromatic carbocycles. The van der Waals surface area contributed by atoms with Crippen LogP contribution in [0.2, 0.25) is 0 Å². The summed E-state index contributed by atoms with van der Waals surface area (Å²) < 4.78 is 13.0. The Balaban J connectivity index is 1.27. The third-order valence-electron chi connectivity index (χ3n) is 5.08. The van der Waals surface area contributed by atoms with Crippen molar-refractivity contribution in [3.05, 3.63) is 77.7 Å². The highest BCUT2D eigenvalue weighted by atomic mass is 19.1. The summed E-state index contributed by atoms with van der Waals surface area (Å²) in [6, 6.07) is 17.1. The van der Waals surface area contributed by atoms with Crippen molar-refractivity contribution in [1.82, 2.24) is 20.1 Å². The summed E-state index contributed by atoms with van der Waals surface area (Å²) in [6.07, 6.45) is 2.43. The maximum Gasteiger partial charge on any atom is 0.247 e. The van der Waals surface area contributed by atoms with E-state index in [0.717, 1.165) is 44.7 Å². The average Bonchev–Trinajstić information content (AvgIpc) is 2.77. The first-order valence-corrected chi connectivity index (χ1v) is 9.95. The monoisotopic (exact) mass is 392 g/mol. The van der Waals surface area contributed by atoms with Crippen molar-refractivity contribution in [3.63, 3.8) is 0 Å². The zero-order valence-electron chi connectivity index (χ0n) is 16.3. The zero-order chi connectivity index (χ0) is 19.9. The second-order valence-corrected chi connectivity index (χ2v) is 7.19. The lowest BCUT2D eigenvalue weighted by Crippen LogP contribution is -2.46. The Kier molecular flexibility index (Phi) is 6.26. The number of piperazine rings is 1. The van der Waals surface area contributed by atoms with Crippen LogP contribution in [-0.4, -0.2) is 52.8 Å². The molecule has 7 heteroatoms. The highest BCUT2D eigenvalue weighted by Gasteiger charge is 2.19. The van der Waals surface area contributed by atoms with E-state index in [-0.39, 0.29) is 5.82 Å². The lowest BCUT2D eigenvalue weighted by Gasteiger charge is -2.34. The third-order valence-corrected chi connectivity index (χ3v) is 5.08. The molecule has 4 rings (SSSR count).